The highest BCUT2D eigenvalue weighted by atomic mass is 79.9. The quantitative estimate of drug-likeness (QED) is 0.308. The Morgan fingerprint density at radius 1 is 0.974 bits per heavy atom. The third kappa shape index (κ3) is 8.56. The minimum Gasteiger partial charge on any atom is -0.495 e. The van der Waals surface area contributed by atoms with E-state index < -0.39 is 16.1 Å². The summed E-state index contributed by atoms with van der Waals surface area (Å²) in [6.45, 7) is 0.310. The Morgan fingerprint density at radius 2 is 1.64 bits per heavy atom. The molecule has 0 saturated heterocycles. The Labute approximate surface area is 239 Å². The Hall–Kier alpha value is -3.37. The van der Waals surface area contributed by atoms with Crippen molar-refractivity contribution in [3.05, 3.63) is 94.5 Å². The Morgan fingerprint density at radius 3 is 2.28 bits per heavy atom. The molecule has 0 unspecified atom stereocenters. The highest BCUT2D eigenvalue weighted by Gasteiger charge is 2.30. The first-order valence-corrected chi connectivity index (χ1v) is 15.2. The van der Waals surface area contributed by atoms with Gasteiger partial charge < -0.3 is 15.0 Å². The van der Waals surface area contributed by atoms with Gasteiger partial charge in [0.2, 0.25) is 21.8 Å². The summed E-state index contributed by atoms with van der Waals surface area (Å²) in [6, 6.07) is 23.3. The third-order valence-electron chi connectivity index (χ3n) is 6.27. The van der Waals surface area contributed by atoms with Gasteiger partial charge in [-0.05, 0) is 41.8 Å². The zero-order valence-corrected chi connectivity index (χ0v) is 24.7. The van der Waals surface area contributed by atoms with Crippen molar-refractivity contribution in [2.75, 3.05) is 31.3 Å². The van der Waals surface area contributed by atoms with Gasteiger partial charge in [-0.25, -0.2) is 8.42 Å². The maximum Gasteiger partial charge on any atom is 0.242 e. The van der Waals surface area contributed by atoms with Crippen LogP contribution in [0.15, 0.2) is 83.3 Å². The van der Waals surface area contributed by atoms with E-state index in [0.29, 0.717) is 17.9 Å². The normalized spacial score (nSPS) is 11.9. The Balaban J connectivity index is 1.86. The summed E-state index contributed by atoms with van der Waals surface area (Å²) in [7, 11) is -0.602. The second kappa shape index (κ2) is 14.1. The number of benzene rings is 3. The second-order valence-corrected chi connectivity index (χ2v) is 11.9. The first kappa shape index (κ1) is 30.2. The number of likely N-dealkylation sites (N-methyl/N-ethyl adjacent to an activating group) is 1. The van der Waals surface area contributed by atoms with Crippen LogP contribution in [0.5, 0.6) is 5.75 Å². The lowest BCUT2D eigenvalue weighted by atomic mass is 10.0. The molecule has 1 N–H and O–H groups in total. The number of ether oxygens (including phenoxy) is 1. The molecule has 39 heavy (non-hydrogen) atoms. The van der Waals surface area contributed by atoms with Crippen LogP contribution in [-0.4, -0.2) is 58.1 Å². The molecule has 0 bridgehead atoms. The molecule has 0 fully saturated rings. The highest BCUT2D eigenvalue weighted by Crippen LogP contribution is 2.30. The molecule has 3 aromatic carbocycles. The van der Waals surface area contributed by atoms with Gasteiger partial charge in [-0.15, -0.1) is 0 Å². The number of halogens is 1. The SMILES string of the molecule is CNC(=O)[C@H](Cc1ccccc1)N(Cc1cccc(Br)c1)C(=O)CCCN(c1ccccc1OC)S(C)(=O)=O. The topological polar surface area (TPSA) is 96.0 Å². The first-order valence-electron chi connectivity index (χ1n) is 12.5. The zero-order chi connectivity index (χ0) is 28.4. The molecule has 0 aromatic heterocycles. The van der Waals surface area contributed by atoms with E-state index in [1.807, 2.05) is 54.6 Å². The van der Waals surface area contributed by atoms with Crippen molar-refractivity contribution < 1.29 is 22.7 Å². The van der Waals surface area contributed by atoms with E-state index in [1.165, 1.54) is 11.4 Å². The van der Waals surface area contributed by atoms with E-state index >= 15 is 0 Å². The number of carbonyl (C=O) groups excluding carboxylic acids is 2. The minimum absolute atomic E-state index is 0.0530. The van der Waals surface area contributed by atoms with Gasteiger partial charge >= 0.3 is 0 Å². The minimum atomic E-state index is -3.64. The maximum absolute atomic E-state index is 13.7. The molecule has 0 spiro atoms. The Bertz CT molecular complexity index is 1370. The van der Waals surface area contributed by atoms with Gasteiger partial charge in [0.05, 0.1) is 19.1 Å². The third-order valence-corrected chi connectivity index (χ3v) is 7.94. The fourth-order valence-electron chi connectivity index (χ4n) is 4.37. The maximum atomic E-state index is 13.7. The number of para-hydroxylation sites is 2. The second-order valence-electron chi connectivity index (χ2n) is 9.08. The molecule has 2 amide bonds. The molecule has 1 atom stereocenters. The number of anilines is 1. The van der Waals surface area contributed by atoms with Crippen LogP contribution in [0.2, 0.25) is 0 Å². The van der Waals surface area contributed by atoms with E-state index in [4.69, 9.17) is 4.74 Å². The number of hydrogen-bond acceptors (Lipinski definition) is 5. The molecule has 3 aromatic rings. The van der Waals surface area contributed by atoms with Gasteiger partial charge in [-0.3, -0.25) is 13.9 Å². The van der Waals surface area contributed by atoms with Crippen LogP contribution in [-0.2, 0) is 32.6 Å². The van der Waals surface area contributed by atoms with Crippen LogP contribution >= 0.6 is 15.9 Å². The number of amides is 2. The van der Waals surface area contributed by atoms with E-state index in [9.17, 15) is 18.0 Å². The van der Waals surface area contributed by atoms with Gasteiger partial charge in [0, 0.05) is 37.5 Å². The molecule has 0 aliphatic carbocycles. The molecule has 8 nitrogen and oxygen atoms in total. The molecule has 0 heterocycles. The van der Waals surface area contributed by atoms with E-state index in [-0.39, 0.29) is 37.7 Å². The summed E-state index contributed by atoms with van der Waals surface area (Å²) in [6.07, 6.45) is 1.78. The number of hydrogen-bond donors (Lipinski definition) is 1. The lowest BCUT2D eigenvalue weighted by molar-refractivity contribution is -0.141. The number of methoxy groups -OCH3 is 1. The van der Waals surface area contributed by atoms with Crippen LogP contribution in [0.4, 0.5) is 5.69 Å². The van der Waals surface area contributed by atoms with Gasteiger partial charge in [0.15, 0.2) is 0 Å². The fourth-order valence-corrected chi connectivity index (χ4v) is 5.79. The predicted molar refractivity (Wildman–Crippen MR) is 157 cm³/mol. The number of carbonyl (C=O) groups is 2. The average Bonchev–Trinajstić information content (AvgIpc) is 2.92. The van der Waals surface area contributed by atoms with Crippen LogP contribution in [0.25, 0.3) is 0 Å². The summed E-state index contributed by atoms with van der Waals surface area (Å²) in [5, 5.41) is 2.70. The Kier molecular flexibility index (Phi) is 10.9. The highest BCUT2D eigenvalue weighted by molar-refractivity contribution is 9.10. The lowest BCUT2D eigenvalue weighted by Gasteiger charge is -2.31. The van der Waals surface area contributed by atoms with Gasteiger partial charge in [-0.1, -0.05) is 70.5 Å². The van der Waals surface area contributed by atoms with E-state index in [2.05, 4.69) is 21.2 Å². The number of rotatable bonds is 13. The molecule has 0 aliphatic heterocycles. The van der Waals surface area contributed by atoms with Crippen molar-refractivity contribution >= 4 is 43.5 Å². The molecular formula is C29H34BrN3O5S. The van der Waals surface area contributed by atoms with E-state index in [0.717, 1.165) is 21.9 Å². The van der Waals surface area contributed by atoms with Crippen LogP contribution in [0.1, 0.15) is 24.0 Å². The van der Waals surface area contributed by atoms with Crippen molar-refractivity contribution in [2.24, 2.45) is 0 Å². The van der Waals surface area contributed by atoms with Crippen LogP contribution < -0.4 is 14.4 Å². The van der Waals surface area contributed by atoms with Gasteiger partial charge in [-0.2, -0.15) is 0 Å². The fraction of sp³-hybridized carbons (Fsp3) is 0.310. The smallest absolute Gasteiger partial charge is 0.242 e. The summed E-state index contributed by atoms with van der Waals surface area (Å²) >= 11 is 3.48. The van der Waals surface area contributed by atoms with E-state index in [1.54, 1.807) is 36.2 Å². The van der Waals surface area contributed by atoms with Crippen molar-refractivity contribution in [3.63, 3.8) is 0 Å². The zero-order valence-electron chi connectivity index (χ0n) is 22.3. The summed E-state index contributed by atoms with van der Waals surface area (Å²) in [5.74, 6) is -0.0879. The number of sulfonamides is 1. The van der Waals surface area contributed by atoms with Crippen LogP contribution in [0.3, 0.4) is 0 Å². The molecule has 0 saturated carbocycles. The molecule has 0 aliphatic rings. The largest absolute Gasteiger partial charge is 0.495 e. The van der Waals surface area contributed by atoms with Crippen molar-refractivity contribution in [2.45, 2.75) is 31.8 Å². The summed E-state index contributed by atoms with van der Waals surface area (Å²) < 4.78 is 32.8. The monoisotopic (exact) mass is 615 g/mol. The van der Waals surface area contributed by atoms with Crippen LogP contribution in [0, 0.1) is 0 Å². The number of nitrogens with zero attached hydrogens (tertiary/aromatic N) is 2. The lowest BCUT2D eigenvalue weighted by Crippen LogP contribution is -2.49. The average molecular weight is 617 g/mol. The van der Waals surface area contributed by atoms with Gasteiger partial charge in [0.25, 0.3) is 0 Å². The summed E-state index contributed by atoms with van der Waals surface area (Å²) in [5.41, 5.74) is 2.21. The molecular weight excluding hydrogens is 582 g/mol. The predicted octanol–water partition coefficient (Wildman–Crippen LogP) is 4.39. The standard InChI is InChI=1S/C29H34BrN3O5S/c1-31-29(35)26(20-22-11-5-4-6-12-22)32(21-23-13-9-14-24(30)19-23)28(34)17-10-18-33(39(3,36)37)25-15-7-8-16-27(25)38-2/h4-9,11-16,19,26H,10,17-18,20-21H2,1-3H3,(H,31,35)/t26-/m0/s1. The molecule has 0 radical (unpaired) electrons. The first-order chi connectivity index (χ1) is 18.6. The van der Waals surface area contributed by atoms with Gasteiger partial charge in [0.1, 0.15) is 11.8 Å². The van der Waals surface area contributed by atoms with Crippen molar-refractivity contribution in [3.8, 4) is 5.75 Å². The van der Waals surface area contributed by atoms with Crippen molar-refractivity contribution in [1.29, 1.82) is 0 Å². The summed E-state index contributed by atoms with van der Waals surface area (Å²) in [4.78, 5) is 28.4. The van der Waals surface area contributed by atoms with Crippen molar-refractivity contribution in [1.82, 2.24) is 10.2 Å². The molecule has 3 rings (SSSR count). The molecule has 208 valence electrons. The molecule has 10 heteroatoms. The number of nitrogens with one attached hydrogen (secondary N) is 1.